The van der Waals surface area contributed by atoms with E-state index in [0.717, 1.165) is 31.6 Å². The van der Waals surface area contributed by atoms with Gasteiger partial charge in [-0.05, 0) is 68.7 Å². The SMILES string of the molecule is CCCOc1ccc(C2C(C(=O)/C=C/c3ccccc3)=C(O)C(=O)N2CCCN(CC)CC)cc1OCC. The fraction of sp³-hybridized carbons (Fsp3) is 0.419. The van der Waals surface area contributed by atoms with Gasteiger partial charge >= 0.3 is 0 Å². The molecule has 0 fully saturated rings. The largest absolute Gasteiger partial charge is 0.503 e. The summed E-state index contributed by atoms with van der Waals surface area (Å²) < 4.78 is 11.7. The zero-order chi connectivity index (χ0) is 27.5. The quantitative estimate of drug-likeness (QED) is 0.309. The Morgan fingerprint density at radius 2 is 1.76 bits per heavy atom. The van der Waals surface area contributed by atoms with Crippen LogP contribution in [0.3, 0.4) is 0 Å². The first-order valence-corrected chi connectivity index (χ1v) is 13.6. The maximum Gasteiger partial charge on any atom is 0.290 e. The first kappa shape index (κ1) is 29.0. The molecule has 0 aromatic heterocycles. The fourth-order valence-corrected chi connectivity index (χ4v) is 4.61. The highest BCUT2D eigenvalue weighted by molar-refractivity contribution is 6.14. The molecule has 0 aliphatic carbocycles. The molecule has 0 bridgehead atoms. The van der Waals surface area contributed by atoms with Crippen LogP contribution in [0.2, 0.25) is 0 Å². The van der Waals surface area contributed by atoms with Crippen LogP contribution in [0.1, 0.15) is 57.7 Å². The highest BCUT2D eigenvalue weighted by atomic mass is 16.5. The predicted molar refractivity (Wildman–Crippen MR) is 150 cm³/mol. The van der Waals surface area contributed by atoms with Crippen molar-refractivity contribution in [2.24, 2.45) is 0 Å². The minimum Gasteiger partial charge on any atom is -0.503 e. The number of rotatable bonds is 15. The smallest absolute Gasteiger partial charge is 0.290 e. The van der Waals surface area contributed by atoms with E-state index in [2.05, 4.69) is 18.7 Å². The molecule has 2 aromatic rings. The van der Waals surface area contributed by atoms with E-state index in [-0.39, 0.29) is 5.57 Å². The molecular weight excluding hydrogens is 480 g/mol. The fourth-order valence-electron chi connectivity index (χ4n) is 4.61. The van der Waals surface area contributed by atoms with E-state index in [4.69, 9.17) is 9.47 Å². The van der Waals surface area contributed by atoms with Crippen LogP contribution < -0.4 is 9.47 Å². The second kappa shape index (κ2) is 14.4. The zero-order valence-electron chi connectivity index (χ0n) is 23.0. The molecule has 1 atom stereocenters. The Morgan fingerprint density at radius 3 is 2.42 bits per heavy atom. The van der Waals surface area contributed by atoms with Gasteiger partial charge in [0.2, 0.25) is 0 Å². The van der Waals surface area contributed by atoms with Gasteiger partial charge in [0.05, 0.1) is 24.8 Å². The van der Waals surface area contributed by atoms with E-state index in [1.807, 2.05) is 62.4 Å². The van der Waals surface area contributed by atoms with Gasteiger partial charge in [0.15, 0.2) is 23.0 Å². The van der Waals surface area contributed by atoms with Crippen molar-refractivity contribution in [3.63, 3.8) is 0 Å². The molecule has 7 heteroatoms. The molecule has 1 amide bonds. The topological polar surface area (TPSA) is 79.3 Å². The van der Waals surface area contributed by atoms with Crippen LogP contribution in [0.4, 0.5) is 0 Å². The Labute approximate surface area is 226 Å². The first-order valence-electron chi connectivity index (χ1n) is 13.6. The number of ether oxygens (including phenoxy) is 2. The summed E-state index contributed by atoms with van der Waals surface area (Å²) in [5, 5.41) is 10.9. The number of hydrogen-bond donors (Lipinski definition) is 1. The van der Waals surface area contributed by atoms with Gasteiger partial charge in [0, 0.05) is 6.54 Å². The van der Waals surface area contributed by atoms with E-state index in [1.165, 1.54) is 6.08 Å². The number of benzene rings is 2. The van der Waals surface area contributed by atoms with Crippen LogP contribution in [0.25, 0.3) is 6.08 Å². The number of hydrogen-bond acceptors (Lipinski definition) is 6. The molecule has 0 saturated heterocycles. The molecular formula is C31H40N2O5. The molecule has 1 aliphatic rings. The van der Waals surface area contributed by atoms with Gasteiger partial charge in [0.1, 0.15) is 0 Å². The van der Waals surface area contributed by atoms with Gasteiger partial charge in [-0.15, -0.1) is 0 Å². The molecule has 0 saturated carbocycles. The minimum atomic E-state index is -0.730. The second-order valence-electron chi connectivity index (χ2n) is 9.14. The number of carbonyl (C=O) groups is 2. The molecule has 0 radical (unpaired) electrons. The van der Waals surface area contributed by atoms with Crippen molar-refractivity contribution in [2.45, 2.75) is 46.6 Å². The Kier molecular flexibility index (Phi) is 11.0. The number of aliphatic hydroxyl groups excluding tert-OH is 1. The van der Waals surface area contributed by atoms with Gasteiger partial charge in [0.25, 0.3) is 5.91 Å². The van der Waals surface area contributed by atoms with E-state index < -0.39 is 23.5 Å². The number of allylic oxidation sites excluding steroid dienone is 1. The maximum atomic E-state index is 13.4. The number of carbonyl (C=O) groups excluding carboxylic acids is 2. The molecule has 3 rings (SSSR count). The Bertz CT molecular complexity index is 1140. The Balaban J connectivity index is 1.99. The van der Waals surface area contributed by atoms with Gasteiger partial charge in [-0.2, -0.15) is 0 Å². The second-order valence-corrected chi connectivity index (χ2v) is 9.14. The summed E-state index contributed by atoms with van der Waals surface area (Å²) >= 11 is 0. The summed E-state index contributed by atoms with van der Waals surface area (Å²) in [6.07, 6.45) is 4.69. The highest BCUT2D eigenvalue weighted by Crippen LogP contribution is 2.41. The molecule has 1 N–H and O–H groups in total. The molecule has 1 unspecified atom stereocenters. The molecule has 2 aromatic carbocycles. The number of aliphatic hydroxyl groups is 1. The standard InChI is InChI=1S/C31H40N2O5/c1-5-21-38-26-18-16-24(22-27(26)37-8-4)29-28(25(34)17-15-23-13-10-9-11-14-23)30(35)31(36)33(29)20-12-19-32(6-2)7-3/h9-11,13-18,22,29,35H,5-8,12,19-21H2,1-4H3/b17-15+. The zero-order valence-corrected chi connectivity index (χ0v) is 23.0. The highest BCUT2D eigenvalue weighted by Gasteiger charge is 2.43. The Hall–Kier alpha value is -3.58. The lowest BCUT2D eigenvalue weighted by atomic mass is 9.95. The maximum absolute atomic E-state index is 13.4. The first-order chi connectivity index (χ1) is 18.4. The van der Waals surface area contributed by atoms with E-state index in [1.54, 1.807) is 11.0 Å². The van der Waals surface area contributed by atoms with Crippen LogP contribution >= 0.6 is 0 Å². The number of amides is 1. The summed E-state index contributed by atoms with van der Waals surface area (Å²) in [4.78, 5) is 30.6. The van der Waals surface area contributed by atoms with Gasteiger partial charge < -0.3 is 24.4 Å². The molecule has 1 heterocycles. The molecule has 1 aliphatic heterocycles. The lowest BCUT2D eigenvalue weighted by Gasteiger charge is -2.28. The van der Waals surface area contributed by atoms with Crippen molar-refractivity contribution in [2.75, 3.05) is 39.4 Å². The van der Waals surface area contributed by atoms with E-state index in [0.29, 0.717) is 43.2 Å². The van der Waals surface area contributed by atoms with Gasteiger partial charge in [-0.3, -0.25) is 9.59 Å². The molecule has 0 spiro atoms. The van der Waals surface area contributed by atoms with Crippen LogP contribution in [0, 0.1) is 0 Å². The molecule has 7 nitrogen and oxygen atoms in total. The molecule has 38 heavy (non-hydrogen) atoms. The monoisotopic (exact) mass is 520 g/mol. The van der Waals surface area contributed by atoms with Gasteiger partial charge in [-0.25, -0.2) is 0 Å². The summed E-state index contributed by atoms with van der Waals surface area (Å²) in [5.41, 5.74) is 1.62. The van der Waals surface area contributed by atoms with Crippen molar-refractivity contribution >= 4 is 17.8 Å². The lowest BCUT2D eigenvalue weighted by molar-refractivity contribution is -0.129. The number of nitrogens with zero attached hydrogens (tertiary/aromatic N) is 2. The minimum absolute atomic E-state index is 0.0784. The lowest BCUT2D eigenvalue weighted by Crippen LogP contribution is -2.34. The van der Waals surface area contributed by atoms with Crippen LogP contribution in [-0.4, -0.2) is 66.0 Å². The normalized spacial score (nSPS) is 15.7. The predicted octanol–water partition coefficient (Wildman–Crippen LogP) is 5.58. The summed E-state index contributed by atoms with van der Waals surface area (Å²) in [7, 11) is 0. The molecule has 204 valence electrons. The third-order valence-electron chi connectivity index (χ3n) is 6.61. The summed E-state index contributed by atoms with van der Waals surface area (Å²) in [5.74, 6) is -0.271. The van der Waals surface area contributed by atoms with Crippen LogP contribution in [0.15, 0.2) is 65.9 Å². The van der Waals surface area contributed by atoms with Gasteiger partial charge in [-0.1, -0.05) is 63.2 Å². The van der Waals surface area contributed by atoms with E-state index in [9.17, 15) is 14.7 Å². The van der Waals surface area contributed by atoms with Crippen molar-refractivity contribution in [1.29, 1.82) is 0 Å². The average Bonchev–Trinajstić information content (AvgIpc) is 3.19. The third-order valence-corrected chi connectivity index (χ3v) is 6.61. The van der Waals surface area contributed by atoms with Crippen molar-refractivity contribution in [3.8, 4) is 11.5 Å². The van der Waals surface area contributed by atoms with Crippen molar-refractivity contribution in [1.82, 2.24) is 9.80 Å². The van der Waals surface area contributed by atoms with Crippen molar-refractivity contribution in [3.05, 3.63) is 77.1 Å². The van der Waals surface area contributed by atoms with Crippen LogP contribution in [0.5, 0.6) is 11.5 Å². The summed E-state index contributed by atoms with van der Waals surface area (Å²) in [6, 6.07) is 14.2. The average molecular weight is 521 g/mol. The summed E-state index contributed by atoms with van der Waals surface area (Å²) in [6.45, 7) is 12.2. The van der Waals surface area contributed by atoms with Crippen molar-refractivity contribution < 1.29 is 24.2 Å². The number of ketones is 1. The Morgan fingerprint density at radius 1 is 1.03 bits per heavy atom. The van der Waals surface area contributed by atoms with Crippen LogP contribution in [-0.2, 0) is 9.59 Å². The van der Waals surface area contributed by atoms with E-state index >= 15 is 0 Å². The third kappa shape index (κ3) is 7.04.